The van der Waals surface area contributed by atoms with Crippen LogP contribution in [0.2, 0.25) is 0 Å². The normalized spacial score (nSPS) is 12.9. The van der Waals surface area contributed by atoms with Crippen molar-refractivity contribution in [3.8, 4) is 11.5 Å². The van der Waals surface area contributed by atoms with E-state index in [2.05, 4.69) is 28.3 Å². The molecule has 0 saturated heterocycles. The number of thiazole rings is 1. The van der Waals surface area contributed by atoms with Gasteiger partial charge in [0.05, 0.1) is 11.6 Å². The van der Waals surface area contributed by atoms with E-state index in [1.54, 1.807) is 37.5 Å². The van der Waals surface area contributed by atoms with Gasteiger partial charge in [-0.15, -0.1) is 5.10 Å². The third-order valence-electron chi connectivity index (χ3n) is 5.60. The number of methoxy groups -OCH3 is 1. The van der Waals surface area contributed by atoms with Gasteiger partial charge in [-0.3, -0.25) is 9.59 Å². The van der Waals surface area contributed by atoms with Crippen molar-refractivity contribution in [2.75, 3.05) is 7.11 Å². The molecule has 0 aliphatic rings. The maximum Gasteiger partial charge on any atom is 0.308 e. The molecule has 5 rings (SSSR count). The number of rotatable bonds is 5. The zero-order valence-corrected chi connectivity index (χ0v) is 19.6. The van der Waals surface area contributed by atoms with E-state index in [-0.39, 0.29) is 17.4 Å². The molecule has 2 aromatic heterocycles. The minimum absolute atomic E-state index is 0.0701. The molecule has 170 valence electrons. The summed E-state index contributed by atoms with van der Waals surface area (Å²) < 4.78 is 12.2. The summed E-state index contributed by atoms with van der Waals surface area (Å²) in [7, 11) is 1.66. The maximum atomic E-state index is 12.9. The number of nitrogens with zero attached hydrogens (tertiary/aromatic N) is 3. The van der Waals surface area contributed by atoms with Crippen molar-refractivity contribution in [2.45, 2.75) is 19.8 Å². The van der Waals surface area contributed by atoms with Gasteiger partial charge in [-0.25, -0.2) is 4.98 Å². The molecule has 0 spiro atoms. The van der Waals surface area contributed by atoms with Gasteiger partial charge in [0.1, 0.15) is 11.5 Å². The van der Waals surface area contributed by atoms with Crippen LogP contribution in [0.3, 0.4) is 0 Å². The minimum Gasteiger partial charge on any atom is -0.497 e. The smallest absolute Gasteiger partial charge is 0.308 e. The molecule has 0 N–H and O–H groups in total. The second kappa shape index (κ2) is 8.72. The molecule has 34 heavy (non-hydrogen) atoms. The highest BCUT2D eigenvalue weighted by molar-refractivity contribution is 7.15. The topological polar surface area (TPSA) is 82.8 Å². The van der Waals surface area contributed by atoms with Crippen LogP contribution in [-0.2, 0) is 4.79 Å². The molecule has 7 nitrogen and oxygen atoms in total. The van der Waals surface area contributed by atoms with E-state index in [4.69, 9.17) is 9.47 Å². The van der Waals surface area contributed by atoms with Crippen molar-refractivity contribution in [1.29, 1.82) is 0 Å². The van der Waals surface area contributed by atoms with Crippen LogP contribution in [-0.4, -0.2) is 27.7 Å². The third-order valence-corrected chi connectivity index (χ3v) is 6.56. The lowest BCUT2D eigenvalue weighted by molar-refractivity contribution is -0.131. The number of hydrogen-bond donors (Lipinski definition) is 0. The first-order chi connectivity index (χ1) is 16.4. The molecule has 0 aliphatic heterocycles. The fourth-order valence-corrected chi connectivity index (χ4v) is 4.68. The fourth-order valence-electron chi connectivity index (χ4n) is 3.77. The Morgan fingerprint density at radius 2 is 1.74 bits per heavy atom. The standard InChI is InChI=1S/C26H21N3O4S/c1-15(18-6-7-20-14-22(32-3)11-8-19(20)13-18)24-27-26-29(28-24)25(31)23(34-26)12-17-4-9-21(10-5-17)33-16(2)30/h4-15H,1-3H3/b23-12-. The number of fused-ring (bicyclic) bond motifs is 2. The van der Waals surface area contributed by atoms with Gasteiger partial charge < -0.3 is 9.47 Å². The lowest BCUT2D eigenvalue weighted by Crippen LogP contribution is -2.24. The van der Waals surface area contributed by atoms with Crippen molar-refractivity contribution < 1.29 is 14.3 Å². The number of carbonyl (C=O) groups is 1. The van der Waals surface area contributed by atoms with Crippen LogP contribution in [0.1, 0.15) is 36.7 Å². The first-order valence-corrected chi connectivity index (χ1v) is 11.5. The lowest BCUT2D eigenvalue weighted by Gasteiger charge is -2.10. The molecular formula is C26H21N3O4S. The van der Waals surface area contributed by atoms with Crippen molar-refractivity contribution in [3.63, 3.8) is 0 Å². The number of esters is 1. The zero-order chi connectivity index (χ0) is 23.8. The number of ether oxygens (including phenoxy) is 2. The third kappa shape index (κ3) is 4.15. The minimum atomic E-state index is -0.377. The number of benzene rings is 3. The predicted octanol–water partition coefficient (Wildman–Crippen LogP) is 3.94. The first-order valence-electron chi connectivity index (χ1n) is 10.7. The van der Waals surface area contributed by atoms with E-state index in [0.29, 0.717) is 21.1 Å². The summed E-state index contributed by atoms with van der Waals surface area (Å²) >= 11 is 1.30. The summed E-state index contributed by atoms with van der Waals surface area (Å²) in [6.45, 7) is 3.39. The molecule has 8 heteroatoms. The SMILES string of the molecule is COc1ccc2cc(C(C)c3nc4s/c(=C\c5ccc(OC(C)=O)cc5)c(=O)n4n3)ccc2c1. The Morgan fingerprint density at radius 3 is 2.44 bits per heavy atom. The van der Waals surface area contributed by atoms with Gasteiger partial charge in [0.25, 0.3) is 5.56 Å². The molecule has 2 heterocycles. The Kier molecular flexibility index (Phi) is 5.59. The molecular weight excluding hydrogens is 450 g/mol. The summed E-state index contributed by atoms with van der Waals surface area (Å²) in [5, 5.41) is 6.71. The quantitative estimate of drug-likeness (QED) is 0.285. The van der Waals surface area contributed by atoms with Crippen molar-refractivity contribution in [3.05, 3.63) is 92.5 Å². The summed E-state index contributed by atoms with van der Waals surface area (Å²) in [6.07, 6.45) is 1.78. The summed E-state index contributed by atoms with van der Waals surface area (Å²) in [4.78, 5) is 29.2. The van der Waals surface area contributed by atoms with E-state index in [1.165, 1.54) is 22.8 Å². The van der Waals surface area contributed by atoms with Crippen LogP contribution in [0.25, 0.3) is 21.8 Å². The fraction of sp³-hybridized carbons (Fsp3) is 0.154. The molecule has 0 bridgehead atoms. The van der Waals surface area contributed by atoms with Gasteiger partial charge in [-0.2, -0.15) is 4.52 Å². The Bertz CT molecular complexity index is 1640. The lowest BCUT2D eigenvalue weighted by atomic mass is 9.97. The molecule has 0 aliphatic carbocycles. The molecule has 0 fully saturated rings. The second-order valence-electron chi connectivity index (χ2n) is 7.94. The van der Waals surface area contributed by atoms with E-state index >= 15 is 0 Å². The van der Waals surface area contributed by atoms with Crippen LogP contribution >= 0.6 is 11.3 Å². The van der Waals surface area contributed by atoms with Gasteiger partial charge in [-0.1, -0.05) is 54.7 Å². The van der Waals surface area contributed by atoms with E-state index < -0.39 is 0 Å². The first kappa shape index (κ1) is 21.8. The summed E-state index contributed by atoms with van der Waals surface area (Å²) in [6, 6.07) is 19.1. The molecule has 1 unspecified atom stereocenters. The molecule has 0 radical (unpaired) electrons. The van der Waals surface area contributed by atoms with Crippen LogP contribution in [0, 0.1) is 0 Å². The van der Waals surface area contributed by atoms with E-state index in [9.17, 15) is 9.59 Å². The highest BCUT2D eigenvalue weighted by Crippen LogP contribution is 2.27. The zero-order valence-electron chi connectivity index (χ0n) is 18.8. The average molecular weight is 472 g/mol. The Hall–Kier alpha value is -4.04. The van der Waals surface area contributed by atoms with E-state index in [1.807, 2.05) is 25.1 Å². The molecule has 0 amide bonds. The molecule has 3 aromatic carbocycles. The highest BCUT2D eigenvalue weighted by Gasteiger charge is 2.17. The molecule has 1 atom stereocenters. The number of hydrogen-bond acceptors (Lipinski definition) is 7. The van der Waals surface area contributed by atoms with Gasteiger partial charge in [0.15, 0.2) is 5.82 Å². The average Bonchev–Trinajstić information content (AvgIpc) is 3.38. The molecule has 0 saturated carbocycles. The van der Waals surface area contributed by atoms with Crippen molar-refractivity contribution in [2.24, 2.45) is 0 Å². The summed E-state index contributed by atoms with van der Waals surface area (Å²) in [5.41, 5.74) is 1.68. The van der Waals surface area contributed by atoms with E-state index in [0.717, 1.165) is 27.6 Å². The highest BCUT2D eigenvalue weighted by atomic mass is 32.1. The van der Waals surface area contributed by atoms with Crippen LogP contribution < -0.4 is 19.6 Å². The van der Waals surface area contributed by atoms with Gasteiger partial charge >= 0.3 is 5.97 Å². The van der Waals surface area contributed by atoms with Crippen LogP contribution in [0.5, 0.6) is 11.5 Å². The van der Waals surface area contributed by atoms with Crippen molar-refractivity contribution in [1.82, 2.24) is 14.6 Å². The number of carbonyl (C=O) groups excluding carboxylic acids is 1. The molecule has 5 aromatic rings. The Morgan fingerprint density at radius 1 is 1.03 bits per heavy atom. The second-order valence-corrected chi connectivity index (χ2v) is 8.95. The predicted molar refractivity (Wildman–Crippen MR) is 132 cm³/mol. The van der Waals surface area contributed by atoms with Gasteiger partial charge in [0, 0.05) is 12.8 Å². The van der Waals surface area contributed by atoms with Crippen LogP contribution in [0.15, 0.2) is 65.5 Å². The van der Waals surface area contributed by atoms with Gasteiger partial charge in [-0.05, 0) is 52.2 Å². The summed E-state index contributed by atoms with van der Waals surface area (Å²) in [5.74, 6) is 1.44. The van der Waals surface area contributed by atoms with Gasteiger partial charge in [0.2, 0.25) is 4.96 Å². The largest absolute Gasteiger partial charge is 0.497 e. The van der Waals surface area contributed by atoms with Crippen LogP contribution in [0.4, 0.5) is 0 Å². The Balaban J connectivity index is 1.44. The number of aromatic nitrogens is 3. The van der Waals surface area contributed by atoms with Crippen molar-refractivity contribution >= 4 is 39.1 Å². The monoisotopic (exact) mass is 471 g/mol. The maximum absolute atomic E-state index is 12.9. The Labute approximate surface area is 198 Å².